The van der Waals surface area contributed by atoms with Crippen LogP contribution in [-0.2, 0) is 9.59 Å². The minimum Gasteiger partial charge on any atom is -0.343 e. The second-order valence-corrected chi connectivity index (χ2v) is 9.25. The molecule has 3 atom stereocenters. The third-order valence-corrected chi connectivity index (χ3v) is 7.51. The second-order valence-electron chi connectivity index (χ2n) is 6.77. The molecule has 2 aromatic rings. The summed E-state index contributed by atoms with van der Waals surface area (Å²) >= 11 is 3.21. The lowest BCUT2D eigenvalue weighted by Crippen LogP contribution is -2.50. The van der Waals surface area contributed by atoms with Crippen LogP contribution in [0.25, 0.3) is 0 Å². The van der Waals surface area contributed by atoms with Crippen molar-refractivity contribution in [2.45, 2.75) is 36.7 Å². The predicted octanol–water partition coefficient (Wildman–Crippen LogP) is 3.55. The Hall–Kier alpha value is -1.86. The van der Waals surface area contributed by atoms with Crippen molar-refractivity contribution in [1.29, 1.82) is 0 Å². The van der Waals surface area contributed by atoms with Gasteiger partial charge >= 0.3 is 0 Å². The third kappa shape index (κ3) is 3.03. The number of hydrogen-bond acceptors (Lipinski definition) is 4. The molecular formula is C19H19FN2O2S2. The van der Waals surface area contributed by atoms with E-state index in [2.05, 4.69) is 5.32 Å². The number of amides is 2. The molecule has 4 nitrogen and oxygen atoms in total. The topological polar surface area (TPSA) is 49.4 Å². The van der Waals surface area contributed by atoms with Crippen molar-refractivity contribution in [1.82, 2.24) is 10.2 Å². The fourth-order valence-electron chi connectivity index (χ4n) is 3.68. The van der Waals surface area contributed by atoms with Gasteiger partial charge in [-0.15, -0.1) is 23.1 Å². The fourth-order valence-corrected chi connectivity index (χ4v) is 5.92. The van der Waals surface area contributed by atoms with Crippen LogP contribution in [0.5, 0.6) is 0 Å². The van der Waals surface area contributed by atoms with Gasteiger partial charge in [-0.1, -0.05) is 18.2 Å². The molecule has 26 heavy (non-hydrogen) atoms. The van der Waals surface area contributed by atoms with E-state index in [0.717, 1.165) is 16.9 Å². The Bertz CT molecular complexity index is 825. The zero-order chi connectivity index (χ0) is 18.3. The van der Waals surface area contributed by atoms with Crippen molar-refractivity contribution in [2.75, 3.05) is 5.75 Å². The molecule has 3 heterocycles. The van der Waals surface area contributed by atoms with E-state index >= 15 is 0 Å². The zero-order valence-electron chi connectivity index (χ0n) is 14.3. The number of thiophene rings is 1. The summed E-state index contributed by atoms with van der Waals surface area (Å²) in [5.41, 5.74) is 0.823. The Balaban J connectivity index is 1.59. The molecule has 2 saturated heterocycles. The number of carbonyl (C=O) groups excluding carboxylic acids is 2. The van der Waals surface area contributed by atoms with E-state index in [9.17, 15) is 14.0 Å². The van der Waals surface area contributed by atoms with E-state index in [-0.39, 0.29) is 28.5 Å². The number of halogens is 1. The van der Waals surface area contributed by atoms with Crippen molar-refractivity contribution in [3.63, 3.8) is 0 Å². The van der Waals surface area contributed by atoms with Crippen LogP contribution in [0.1, 0.15) is 36.2 Å². The fraction of sp³-hybridized carbons (Fsp3) is 0.368. The lowest BCUT2D eigenvalue weighted by atomic mass is 10.0. The van der Waals surface area contributed by atoms with Gasteiger partial charge in [-0.3, -0.25) is 9.59 Å². The van der Waals surface area contributed by atoms with Crippen molar-refractivity contribution in [3.8, 4) is 0 Å². The van der Waals surface area contributed by atoms with Crippen LogP contribution in [0.2, 0.25) is 0 Å². The molecule has 1 aromatic carbocycles. The molecule has 0 aliphatic carbocycles. The molecule has 7 heteroatoms. The maximum Gasteiger partial charge on any atom is 0.244 e. The first-order valence-electron chi connectivity index (χ1n) is 8.53. The van der Waals surface area contributed by atoms with Gasteiger partial charge in [0, 0.05) is 17.1 Å². The number of carbonyl (C=O) groups is 2. The normalized spacial score (nSPS) is 26.0. The highest BCUT2D eigenvalue weighted by atomic mass is 32.2. The average molecular weight is 391 g/mol. The molecule has 0 unspecified atom stereocenters. The molecule has 0 saturated carbocycles. The summed E-state index contributed by atoms with van der Waals surface area (Å²) in [6, 6.07) is 9.25. The smallest absolute Gasteiger partial charge is 0.244 e. The molecule has 0 bridgehead atoms. The summed E-state index contributed by atoms with van der Waals surface area (Å²) in [6.07, 6.45) is 1.28. The average Bonchev–Trinajstić information content (AvgIpc) is 3.32. The Kier molecular flexibility index (Phi) is 4.52. The lowest BCUT2D eigenvalue weighted by molar-refractivity contribution is -0.138. The summed E-state index contributed by atoms with van der Waals surface area (Å²) < 4.78 is 13.3. The molecule has 4 rings (SSSR count). The van der Waals surface area contributed by atoms with E-state index < -0.39 is 6.04 Å². The number of rotatable bonds is 4. The van der Waals surface area contributed by atoms with Crippen LogP contribution in [0.4, 0.5) is 4.39 Å². The van der Waals surface area contributed by atoms with Gasteiger partial charge in [0.15, 0.2) is 0 Å². The Morgan fingerprint density at radius 3 is 2.81 bits per heavy atom. The first-order chi connectivity index (χ1) is 12.5. The number of nitrogens with one attached hydrogen (secondary N) is 1. The maximum atomic E-state index is 13.3. The first-order valence-corrected chi connectivity index (χ1v) is 10.4. The van der Waals surface area contributed by atoms with Crippen molar-refractivity contribution in [2.24, 2.45) is 0 Å². The minimum absolute atomic E-state index is 0.0482. The number of hydrogen-bond donors (Lipinski definition) is 1. The molecule has 136 valence electrons. The van der Waals surface area contributed by atoms with Crippen LogP contribution >= 0.6 is 23.1 Å². The van der Waals surface area contributed by atoms with Gasteiger partial charge in [-0.05, 0) is 42.5 Å². The Morgan fingerprint density at radius 1 is 1.35 bits per heavy atom. The molecule has 0 radical (unpaired) electrons. The Morgan fingerprint density at radius 2 is 2.12 bits per heavy atom. The van der Waals surface area contributed by atoms with Crippen molar-refractivity contribution in [3.05, 3.63) is 58.0 Å². The van der Waals surface area contributed by atoms with Crippen molar-refractivity contribution < 1.29 is 14.0 Å². The van der Waals surface area contributed by atoms with Gasteiger partial charge < -0.3 is 10.2 Å². The monoisotopic (exact) mass is 390 g/mol. The van der Waals surface area contributed by atoms with Crippen LogP contribution in [0.3, 0.4) is 0 Å². The standard InChI is InChI=1S/C19H19FN2O2S2/c1-19-9-8-16(23)22(19)14(11-26-19)18(24)21-17(15-3-2-10-25-15)12-4-6-13(20)7-5-12/h2-7,10,14,17H,8-9,11H2,1H3,(H,21,24)/t14-,17-,19-/m0/s1. The van der Waals surface area contributed by atoms with Crippen LogP contribution in [-0.4, -0.2) is 33.4 Å². The summed E-state index contributed by atoms with van der Waals surface area (Å²) in [4.78, 5) is 27.8. The summed E-state index contributed by atoms with van der Waals surface area (Å²) in [6.45, 7) is 2.03. The quantitative estimate of drug-likeness (QED) is 0.869. The molecule has 2 amide bonds. The third-order valence-electron chi connectivity index (χ3n) is 5.07. The highest BCUT2D eigenvalue weighted by molar-refractivity contribution is 8.01. The molecule has 2 aliphatic heterocycles. The van der Waals surface area contributed by atoms with Gasteiger partial charge in [-0.2, -0.15) is 0 Å². The van der Waals surface area contributed by atoms with E-state index in [1.54, 1.807) is 28.8 Å². The van der Waals surface area contributed by atoms with Crippen molar-refractivity contribution >= 4 is 34.9 Å². The van der Waals surface area contributed by atoms with E-state index in [1.165, 1.54) is 23.5 Å². The van der Waals surface area contributed by atoms with Crippen LogP contribution < -0.4 is 5.32 Å². The van der Waals surface area contributed by atoms with E-state index in [4.69, 9.17) is 0 Å². The first kappa shape index (κ1) is 17.5. The van der Waals surface area contributed by atoms with E-state index in [1.807, 2.05) is 24.4 Å². The zero-order valence-corrected chi connectivity index (χ0v) is 15.9. The number of benzene rings is 1. The number of nitrogens with zero attached hydrogens (tertiary/aromatic N) is 1. The van der Waals surface area contributed by atoms with Crippen LogP contribution in [0.15, 0.2) is 41.8 Å². The molecule has 2 fully saturated rings. The minimum atomic E-state index is -0.456. The summed E-state index contributed by atoms with van der Waals surface area (Å²) in [5.74, 6) is 0.191. The highest BCUT2D eigenvalue weighted by Crippen LogP contribution is 2.47. The molecule has 2 aliphatic rings. The second kappa shape index (κ2) is 6.70. The molecule has 1 N–H and O–H groups in total. The van der Waals surface area contributed by atoms with Gasteiger partial charge in [0.05, 0.1) is 10.9 Å². The number of thioether (sulfide) groups is 1. The largest absolute Gasteiger partial charge is 0.343 e. The van der Waals surface area contributed by atoms with Crippen LogP contribution in [0, 0.1) is 5.82 Å². The van der Waals surface area contributed by atoms with Gasteiger partial charge in [0.1, 0.15) is 11.9 Å². The summed E-state index contributed by atoms with van der Waals surface area (Å²) in [5, 5.41) is 5.04. The van der Waals surface area contributed by atoms with Gasteiger partial charge in [-0.25, -0.2) is 4.39 Å². The lowest BCUT2D eigenvalue weighted by Gasteiger charge is -2.30. The summed E-state index contributed by atoms with van der Waals surface area (Å²) in [7, 11) is 0. The predicted molar refractivity (Wildman–Crippen MR) is 101 cm³/mol. The maximum absolute atomic E-state index is 13.3. The Labute approximate surface area is 159 Å². The van der Waals surface area contributed by atoms with E-state index in [0.29, 0.717) is 12.2 Å². The molecule has 0 spiro atoms. The molecular weight excluding hydrogens is 371 g/mol. The van der Waals surface area contributed by atoms with Gasteiger partial charge in [0.2, 0.25) is 11.8 Å². The van der Waals surface area contributed by atoms with Gasteiger partial charge in [0.25, 0.3) is 0 Å². The molecule has 1 aromatic heterocycles. The number of fused-ring (bicyclic) bond motifs is 1. The highest BCUT2D eigenvalue weighted by Gasteiger charge is 2.53. The SMILES string of the molecule is C[C@]12CCC(=O)N1[C@H](C(=O)N[C@@H](c1ccc(F)cc1)c1cccs1)CS2.